The van der Waals surface area contributed by atoms with Crippen LogP contribution in [0.15, 0.2) is 6.20 Å². The molecule has 1 rings (SSSR count). The standard InChI is InChI=1S/C10H17N3OS/c1-4-5-10(3,11)8(14)13-9-12-6-7(2)15-9/h6H,4-5,11H2,1-3H3,(H,12,13,14). The van der Waals surface area contributed by atoms with Gasteiger partial charge in [-0.25, -0.2) is 4.98 Å². The summed E-state index contributed by atoms with van der Waals surface area (Å²) in [5.74, 6) is -0.168. The van der Waals surface area contributed by atoms with Gasteiger partial charge in [-0.15, -0.1) is 11.3 Å². The molecule has 0 saturated carbocycles. The molecule has 0 aromatic carbocycles. The zero-order valence-electron chi connectivity index (χ0n) is 9.33. The molecule has 0 spiro atoms. The molecule has 1 aromatic rings. The molecule has 84 valence electrons. The summed E-state index contributed by atoms with van der Waals surface area (Å²) in [5.41, 5.74) is 5.08. The Morgan fingerprint density at radius 2 is 2.40 bits per heavy atom. The van der Waals surface area contributed by atoms with Gasteiger partial charge in [-0.05, 0) is 20.3 Å². The zero-order valence-corrected chi connectivity index (χ0v) is 10.1. The molecule has 15 heavy (non-hydrogen) atoms. The van der Waals surface area contributed by atoms with Gasteiger partial charge in [-0.3, -0.25) is 4.79 Å². The molecule has 3 N–H and O–H groups in total. The molecule has 1 amide bonds. The highest BCUT2D eigenvalue weighted by Crippen LogP contribution is 2.18. The molecular formula is C10H17N3OS. The molecule has 5 heteroatoms. The number of nitrogens with two attached hydrogens (primary N) is 1. The van der Waals surface area contributed by atoms with Gasteiger partial charge in [0.25, 0.3) is 0 Å². The molecule has 0 radical (unpaired) electrons. The first-order valence-electron chi connectivity index (χ1n) is 4.98. The highest BCUT2D eigenvalue weighted by atomic mass is 32.1. The van der Waals surface area contributed by atoms with Crippen molar-refractivity contribution >= 4 is 22.4 Å². The van der Waals surface area contributed by atoms with Gasteiger partial charge in [-0.1, -0.05) is 13.3 Å². The van der Waals surface area contributed by atoms with Crippen molar-refractivity contribution < 1.29 is 4.79 Å². The molecule has 0 aliphatic heterocycles. The van der Waals surface area contributed by atoms with Crippen molar-refractivity contribution in [2.45, 2.75) is 39.2 Å². The van der Waals surface area contributed by atoms with Crippen LogP contribution in [0.4, 0.5) is 5.13 Å². The predicted molar refractivity (Wildman–Crippen MR) is 63.0 cm³/mol. The Morgan fingerprint density at radius 1 is 1.73 bits per heavy atom. The smallest absolute Gasteiger partial charge is 0.245 e. The number of rotatable bonds is 4. The number of hydrogen-bond acceptors (Lipinski definition) is 4. The molecule has 4 nitrogen and oxygen atoms in total. The number of amides is 1. The van der Waals surface area contributed by atoms with Crippen LogP contribution in [0.5, 0.6) is 0 Å². The summed E-state index contributed by atoms with van der Waals surface area (Å²) >= 11 is 1.45. The van der Waals surface area contributed by atoms with Crippen LogP contribution >= 0.6 is 11.3 Å². The third kappa shape index (κ3) is 3.28. The van der Waals surface area contributed by atoms with E-state index in [1.54, 1.807) is 13.1 Å². The second-order valence-corrected chi connectivity index (χ2v) is 5.13. The SMILES string of the molecule is CCCC(C)(N)C(=O)Nc1ncc(C)s1. The highest BCUT2D eigenvalue weighted by Gasteiger charge is 2.27. The minimum atomic E-state index is -0.811. The average Bonchev–Trinajstić information content (AvgIpc) is 2.51. The van der Waals surface area contributed by atoms with Crippen molar-refractivity contribution in [3.63, 3.8) is 0 Å². The lowest BCUT2D eigenvalue weighted by molar-refractivity contribution is -0.120. The second kappa shape index (κ2) is 4.72. The molecule has 1 atom stereocenters. The maximum Gasteiger partial charge on any atom is 0.245 e. The van der Waals surface area contributed by atoms with Gasteiger partial charge >= 0.3 is 0 Å². The fraction of sp³-hybridized carbons (Fsp3) is 0.600. The Bertz CT molecular complexity index is 346. The van der Waals surface area contributed by atoms with Crippen molar-refractivity contribution in [3.05, 3.63) is 11.1 Å². The summed E-state index contributed by atoms with van der Waals surface area (Å²) in [6.45, 7) is 5.69. The number of aromatic nitrogens is 1. The van der Waals surface area contributed by atoms with Crippen molar-refractivity contribution in [2.24, 2.45) is 5.73 Å². The summed E-state index contributed by atoms with van der Waals surface area (Å²) in [7, 11) is 0. The van der Waals surface area contributed by atoms with E-state index in [0.717, 1.165) is 11.3 Å². The summed E-state index contributed by atoms with van der Waals surface area (Å²) in [4.78, 5) is 16.9. The predicted octanol–water partition coefficient (Wildman–Crippen LogP) is 1.91. The molecule has 0 aliphatic carbocycles. The van der Waals surface area contributed by atoms with Gasteiger partial charge < -0.3 is 11.1 Å². The lowest BCUT2D eigenvalue weighted by Crippen LogP contribution is -2.48. The lowest BCUT2D eigenvalue weighted by atomic mass is 9.97. The van der Waals surface area contributed by atoms with Crippen molar-refractivity contribution in [3.8, 4) is 0 Å². The van der Waals surface area contributed by atoms with Crippen molar-refractivity contribution in [1.82, 2.24) is 4.98 Å². The van der Waals surface area contributed by atoms with Crippen LogP contribution in [0.25, 0.3) is 0 Å². The molecule has 0 aliphatic rings. The first kappa shape index (κ1) is 12.1. The number of anilines is 1. The first-order valence-corrected chi connectivity index (χ1v) is 5.80. The number of nitrogens with zero attached hydrogens (tertiary/aromatic N) is 1. The molecule has 1 unspecified atom stereocenters. The summed E-state index contributed by atoms with van der Waals surface area (Å²) in [6, 6.07) is 0. The second-order valence-electron chi connectivity index (χ2n) is 3.90. The summed E-state index contributed by atoms with van der Waals surface area (Å²) in [6.07, 6.45) is 3.29. The summed E-state index contributed by atoms with van der Waals surface area (Å²) < 4.78 is 0. The largest absolute Gasteiger partial charge is 0.318 e. The van der Waals surface area contributed by atoms with E-state index in [9.17, 15) is 4.79 Å². The fourth-order valence-electron chi connectivity index (χ4n) is 1.29. The number of nitrogens with one attached hydrogen (secondary N) is 1. The van der Waals surface area contributed by atoms with Gasteiger partial charge in [-0.2, -0.15) is 0 Å². The highest BCUT2D eigenvalue weighted by molar-refractivity contribution is 7.15. The van der Waals surface area contributed by atoms with E-state index in [2.05, 4.69) is 10.3 Å². The number of thiazole rings is 1. The van der Waals surface area contributed by atoms with Gasteiger partial charge in [0.05, 0.1) is 5.54 Å². The Balaban J connectivity index is 2.63. The van der Waals surface area contributed by atoms with Gasteiger partial charge in [0.2, 0.25) is 5.91 Å². The third-order valence-electron chi connectivity index (χ3n) is 2.13. The van der Waals surface area contributed by atoms with Crippen LogP contribution in [-0.4, -0.2) is 16.4 Å². The number of aryl methyl sites for hydroxylation is 1. The molecule has 1 aromatic heterocycles. The van der Waals surface area contributed by atoms with E-state index in [1.165, 1.54) is 11.3 Å². The van der Waals surface area contributed by atoms with Gasteiger partial charge in [0.15, 0.2) is 5.13 Å². The molecule has 0 saturated heterocycles. The topological polar surface area (TPSA) is 68.0 Å². The van der Waals surface area contributed by atoms with Crippen molar-refractivity contribution in [1.29, 1.82) is 0 Å². The van der Waals surface area contributed by atoms with Crippen LogP contribution in [0.3, 0.4) is 0 Å². The minimum Gasteiger partial charge on any atom is -0.318 e. The maximum atomic E-state index is 11.8. The third-order valence-corrected chi connectivity index (χ3v) is 2.96. The van der Waals surface area contributed by atoms with Crippen LogP contribution in [0.1, 0.15) is 31.6 Å². The van der Waals surface area contributed by atoms with E-state index >= 15 is 0 Å². The van der Waals surface area contributed by atoms with Crippen LogP contribution in [-0.2, 0) is 4.79 Å². The number of hydrogen-bond donors (Lipinski definition) is 2. The fourth-order valence-corrected chi connectivity index (χ4v) is 1.94. The van der Waals surface area contributed by atoms with E-state index in [-0.39, 0.29) is 5.91 Å². The van der Waals surface area contributed by atoms with E-state index in [4.69, 9.17) is 5.73 Å². The van der Waals surface area contributed by atoms with Crippen molar-refractivity contribution in [2.75, 3.05) is 5.32 Å². The first-order chi connectivity index (χ1) is 6.95. The molecular weight excluding hydrogens is 210 g/mol. The quantitative estimate of drug-likeness (QED) is 0.825. The Hall–Kier alpha value is -0.940. The van der Waals surface area contributed by atoms with Gasteiger partial charge in [0, 0.05) is 11.1 Å². The Labute approximate surface area is 93.9 Å². The minimum absolute atomic E-state index is 0.168. The van der Waals surface area contributed by atoms with Crippen LogP contribution in [0.2, 0.25) is 0 Å². The van der Waals surface area contributed by atoms with E-state index in [1.807, 2.05) is 13.8 Å². The van der Waals surface area contributed by atoms with Crippen LogP contribution < -0.4 is 11.1 Å². The Kier molecular flexibility index (Phi) is 3.82. The number of carbonyl (C=O) groups excluding carboxylic acids is 1. The maximum absolute atomic E-state index is 11.8. The van der Waals surface area contributed by atoms with Gasteiger partial charge in [0.1, 0.15) is 0 Å². The normalized spacial score (nSPS) is 14.7. The molecule has 1 heterocycles. The van der Waals surface area contributed by atoms with Crippen LogP contribution in [0, 0.1) is 6.92 Å². The Morgan fingerprint density at radius 3 is 2.87 bits per heavy atom. The van der Waals surface area contributed by atoms with E-state index in [0.29, 0.717) is 11.6 Å². The summed E-state index contributed by atoms with van der Waals surface area (Å²) in [5, 5.41) is 3.35. The number of carbonyl (C=O) groups is 1. The lowest BCUT2D eigenvalue weighted by Gasteiger charge is -2.21. The molecule has 0 bridgehead atoms. The monoisotopic (exact) mass is 227 g/mol. The van der Waals surface area contributed by atoms with E-state index < -0.39 is 5.54 Å². The molecule has 0 fully saturated rings. The average molecular weight is 227 g/mol. The zero-order chi connectivity index (χ0) is 11.5.